The maximum atomic E-state index is 13.1. The Bertz CT molecular complexity index is 688. The second-order valence-corrected chi connectivity index (χ2v) is 7.83. The van der Waals surface area contributed by atoms with Crippen molar-refractivity contribution >= 4 is 30.1 Å². The van der Waals surface area contributed by atoms with Gasteiger partial charge >= 0.3 is 0 Å². The molecule has 0 radical (unpaired) electrons. The maximum absolute atomic E-state index is 13.1. The molecule has 1 saturated heterocycles. The molecule has 146 valence electrons. The quantitative estimate of drug-likeness (QED) is 0.735. The molecule has 3 rings (SSSR count). The number of aromatic nitrogens is 1. The van der Waals surface area contributed by atoms with Crippen molar-refractivity contribution in [1.82, 2.24) is 15.2 Å². The van der Waals surface area contributed by atoms with Crippen molar-refractivity contribution in [3.05, 3.63) is 59.9 Å². The number of hydrogen-bond donors (Lipinski definition) is 1. The zero-order chi connectivity index (χ0) is 18.2. The summed E-state index contributed by atoms with van der Waals surface area (Å²) < 4.78 is 0. The molecule has 2 aromatic rings. The zero-order valence-corrected chi connectivity index (χ0v) is 17.4. The normalized spacial score (nSPS) is 16.9. The molecule has 1 aromatic heterocycles. The van der Waals surface area contributed by atoms with E-state index in [1.54, 1.807) is 18.0 Å². The van der Waals surface area contributed by atoms with Crippen LogP contribution in [0.2, 0.25) is 0 Å². The number of nitrogens with zero attached hydrogens (tertiary/aromatic N) is 2. The topological polar surface area (TPSA) is 45.2 Å². The number of aryl methyl sites for hydroxylation is 1. The molecule has 1 unspecified atom stereocenters. The highest BCUT2D eigenvalue weighted by atomic mass is 35.5. The number of carbonyl (C=O) groups is 1. The Hall–Kier alpha value is -1.56. The van der Waals surface area contributed by atoms with Crippen LogP contribution in [0.1, 0.15) is 30.5 Å². The van der Waals surface area contributed by atoms with Crippen molar-refractivity contribution in [3.8, 4) is 0 Å². The monoisotopic (exact) mass is 405 g/mol. The Morgan fingerprint density at radius 2 is 2.00 bits per heavy atom. The summed E-state index contributed by atoms with van der Waals surface area (Å²) >= 11 is 1.62. The molecule has 0 saturated carbocycles. The van der Waals surface area contributed by atoms with Crippen LogP contribution in [0.25, 0.3) is 0 Å². The summed E-state index contributed by atoms with van der Waals surface area (Å²) in [6.45, 7) is 4.69. The SMILES string of the molecule is Cc1ccc(SCC(=O)N(Cc2ccccn2)C2CCCNCC2)cc1.Cl. The molecule has 1 aliphatic heterocycles. The van der Waals surface area contributed by atoms with Gasteiger partial charge in [0.25, 0.3) is 0 Å². The number of pyridine rings is 1. The molecule has 1 atom stereocenters. The van der Waals surface area contributed by atoms with Crippen LogP contribution < -0.4 is 5.32 Å². The van der Waals surface area contributed by atoms with Crippen molar-refractivity contribution in [2.45, 2.75) is 43.7 Å². The molecule has 0 aliphatic carbocycles. The maximum Gasteiger partial charge on any atom is 0.233 e. The number of benzene rings is 1. The van der Waals surface area contributed by atoms with Gasteiger partial charge < -0.3 is 10.2 Å². The first kappa shape index (κ1) is 21.7. The summed E-state index contributed by atoms with van der Waals surface area (Å²) in [5, 5.41) is 3.44. The van der Waals surface area contributed by atoms with Crippen LogP contribution in [-0.4, -0.2) is 40.7 Å². The summed E-state index contributed by atoms with van der Waals surface area (Å²) in [4.78, 5) is 20.7. The summed E-state index contributed by atoms with van der Waals surface area (Å²) in [5.41, 5.74) is 2.20. The number of nitrogens with one attached hydrogen (secondary N) is 1. The molecule has 1 fully saturated rings. The standard InChI is InChI=1S/C21H27N3OS.ClH/c1-17-7-9-20(10-8-17)26-16-21(25)24(15-18-5-2-3-13-23-18)19-6-4-12-22-14-11-19;/h2-3,5,7-10,13,19,22H,4,6,11-12,14-16H2,1H3;1H. The molecule has 4 nitrogen and oxygen atoms in total. The molecule has 6 heteroatoms. The van der Waals surface area contributed by atoms with Gasteiger partial charge in [-0.2, -0.15) is 0 Å². The minimum Gasteiger partial charge on any atom is -0.333 e. The average molecular weight is 406 g/mol. The fourth-order valence-electron chi connectivity index (χ4n) is 3.26. The van der Waals surface area contributed by atoms with Crippen LogP contribution in [0.4, 0.5) is 0 Å². The van der Waals surface area contributed by atoms with E-state index >= 15 is 0 Å². The summed E-state index contributed by atoms with van der Waals surface area (Å²) in [6, 6.07) is 14.6. The van der Waals surface area contributed by atoms with Crippen molar-refractivity contribution in [2.75, 3.05) is 18.8 Å². The molecule has 0 spiro atoms. The van der Waals surface area contributed by atoms with E-state index in [4.69, 9.17) is 0 Å². The van der Waals surface area contributed by atoms with Gasteiger partial charge in [-0.1, -0.05) is 23.8 Å². The third-order valence-electron chi connectivity index (χ3n) is 4.75. The minimum absolute atomic E-state index is 0. The van der Waals surface area contributed by atoms with Crippen LogP contribution in [0, 0.1) is 6.92 Å². The lowest BCUT2D eigenvalue weighted by molar-refractivity contribution is -0.131. The van der Waals surface area contributed by atoms with Gasteiger partial charge in [-0.05, 0) is 63.5 Å². The Morgan fingerprint density at radius 3 is 2.74 bits per heavy atom. The lowest BCUT2D eigenvalue weighted by Crippen LogP contribution is -2.41. The molecule has 1 aliphatic rings. The van der Waals surface area contributed by atoms with E-state index in [0.29, 0.717) is 12.3 Å². The average Bonchev–Trinajstić information content (AvgIpc) is 2.95. The third kappa shape index (κ3) is 6.83. The van der Waals surface area contributed by atoms with E-state index in [1.165, 1.54) is 5.56 Å². The van der Waals surface area contributed by atoms with Crippen molar-refractivity contribution in [1.29, 1.82) is 0 Å². The Balaban J connectivity index is 0.00000261. The number of rotatable bonds is 6. The summed E-state index contributed by atoms with van der Waals surface area (Å²) in [5.74, 6) is 0.674. The van der Waals surface area contributed by atoms with Gasteiger partial charge in [0.05, 0.1) is 18.0 Å². The van der Waals surface area contributed by atoms with Crippen LogP contribution in [-0.2, 0) is 11.3 Å². The van der Waals surface area contributed by atoms with Gasteiger partial charge in [-0.25, -0.2) is 0 Å². The predicted molar refractivity (Wildman–Crippen MR) is 114 cm³/mol. The molecule has 27 heavy (non-hydrogen) atoms. The van der Waals surface area contributed by atoms with E-state index in [2.05, 4.69) is 46.4 Å². The lowest BCUT2D eigenvalue weighted by atomic mass is 10.1. The van der Waals surface area contributed by atoms with Crippen LogP contribution in [0.3, 0.4) is 0 Å². The molecular weight excluding hydrogens is 378 g/mol. The summed E-state index contributed by atoms with van der Waals surface area (Å²) in [6.07, 6.45) is 4.98. The highest BCUT2D eigenvalue weighted by Crippen LogP contribution is 2.22. The number of amides is 1. The molecule has 1 aromatic carbocycles. The van der Waals surface area contributed by atoms with E-state index < -0.39 is 0 Å². The number of hydrogen-bond acceptors (Lipinski definition) is 4. The van der Waals surface area contributed by atoms with Crippen molar-refractivity contribution < 1.29 is 4.79 Å². The van der Waals surface area contributed by atoms with E-state index in [-0.39, 0.29) is 24.4 Å². The Morgan fingerprint density at radius 1 is 1.19 bits per heavy atom. The van der Waals surface area contributed by atoms with Crippen molar-refractivity contribution in [2.24, 2.45) is 0 Å². The van der Waals surface area contributed by atoms with Crippen molar-refractivity contribution in [3.63, 3.8) is 0 Å². The van der Waals surface area contributed by atoms with Gasteiger partial charge in [-0.3, -0.25) is 9.78 Å². The zero-order valence-electron chi connectivity index (χ0n) is 15.8. The van der Waals surface area contributed by atoms with Gasteiger partial charge in [0.2, 0.25) is 5.91 Å². The first-order valence-corrected chi connectivity index (χ1v) is 10.3. The third-order valence-corrected chi connectivity index (χ3v) is 5.74. The first-order chi connectivity index (χ1) is 12.7. The van der Waals surface area contributed by atoms with Gasteiger partial charge in [-0.15, -0.1) is 24.2 Å². The number of thioether (sulfide) groups is 1. The largest absolute Gasteiger partial charge is 0.333 e. The summed E-state index contributed by atoms with van der Waals surface area (Å²) in [7, 11) is 0. The molecular formula is C21H28ClN3OS. The molecule has 2 heterocycles. The van der Waals surface area contributed by atoms with E-state index in [0.717, 1.165) is 42.9 Å². The van der Waals surface area contributed by atoms with Crippen LogP contribution in [0.5, 0.6) is 0 Å². The van der Waals surface area contributed by atoms with Gasteiger partial charge in [0.1, 0.15) is 0 Å². The second kappa shape index (κ2) is 11.3. The second-order valence-electron chi connectivity index (χ2n) is 6.78. The number of carbonyl (C=O) groups excluding carboxylic acids is 1. The Kier molecular flexibility index (Phi) is 9.11. The highest BCUT2D eigenvalue weighted by Gasteiger charge is 2.25. The van der Waals surface area contributed by atoms with Crippen LogP contribution in [0.15, 0.2) is 53.6 Å². The molecule has 0 bridgehead atoms. The fourth-order valence-corrected chi connectivity index (χ4v) is 4.05. The predicted octanol–water partition coefficient (Wildman–Crippen LogP) is 4.07. The molecule has 1 amide bonds. The first-order valence-electron chi connectivity index (χ1n) is 9.32. The molecule has 1 N–H and O–H groups in total. The number of halogens is 1. The van der Waals surface area contributed by atoms with E-state index in [9.17, 15) is 4.79 Å². The van der Waals surface area contributed by atoms with Crippen LogP contribution >= 0.6 is 24.2 Å². The van der Waals surface area contributed by atoms with E-state index in [1.807, 2.05) is 18.2 Å². The lowest BCUT2D eigenvalue weighted by Gasteiger charge is -2.31. The smallest absolute Gasteiger partial charge is 0.233 e. The minimum atomic E-state index is 0. The highest BCUT2D eigenvalue weighted by molar-refractivity contribution is 8.00. The van der Waals surface area contributed by atoms with Gasteiger partial charge in [0, 0.05) is 17.1 Å². The van der Waals surface area contributed by atoms with Gasteiger partial charge in [0.15, 0.2) is 0 Å². The Labute approximate surface area is 172 Å². The fraction of sp³-hybridized carbons (Fsp3) is 0.429.